The number of ketones is 4. The zero-order valence-corrected chi connectivity index (χ0v) is 64.3. The third kappa shape index (κ3) is 30.6. The van der Waals surface area contributed by atoms with Crippen LogP contribution in [0.1, 0.15) is 130 Å². The van der Waals surface area contributed by atoms with Gasteiger partial charge in [0, 0.05) is 114 Å². The van der Waals surface area contributed by atoms with Crippen molar-refractivity contribution < 1.29 is 133 Å². The number of carbonyl (C=O) groups excluding carboxylic acids is 10. The van der Waals surface area contributed by atoms with Gasteiger partial charge in [-0.15, -0.1) is 0 Å². The standard InChI is InChI=1S/2C34H48F2N4O13S2/c1-3-20(31(47)48)17-54-24-4-5-25(24)55-18-21(14-22(42)9-13-50-12-8-19(2)41)30(46)38-10-6-27(43)52-16-28(44)51-15-23-29(45)34(35,36)32(53-23)40-11-7-26(37)39-33(40)49;1-3-20(17-54-24-4-5-25(24)55-18-21(31(47)48)14-22(42)9-13-50-12-8-19(2)41)30(46)38-10-6-27(43)52-16-28(44)51-15-23-29(45)34(35,36)32(53-23)40-11-7-26(37)39-33(40)49/h2*7,11,20-21,23-25,29,32,45H,3-6,8-10,12-18H2,1-2H3,(H,38,46)(H,47,48)(H2,37,39,49)/t2*20?,21?,23-,24?,25?,29-,32-/m00/s1. The Morgan fingerprint density at radius 1 is 0.527 bits per heavy atom. The summed E-state index contributed by atoms with van der Waals surface area (Å²) in [6, 6.07) is 2.17. The number of aliphatic carboxylic acids is 2. The Kier molecular flexibility index (Phi) is 39.5. The number of thioether (sulfide) groups is 4. The number of ether oxygens (including phenoxy) is 8. The molecule has 34 nitrogen and oxygen atoms in total. The van der Waals surface area contributed by atoms with Gasteiger partial charge in [0.25, 0.3) is 0 Å². The van der Waals surface area contributed by atoms with Gasteiger partial charge >= 0.3 is 59.0 Å². The van der Waals surface area contributed by atoms with Crippen LogP contribution in [0, 0.1) is 23.7 Å². The lowest BCUT2D eigenvalue weighted by atomic mass is 9.99. The van der Waals surface area contributed by atoms with E-state index in [1.54, 1.807) is 23.5 Å². The number of nitrogens with one attached hydrogen (secondary N) is 2. The quantitative estimate of drug-likeness (QED) is 0.0204. The minimum absolute atomic E-state index is 0.0157. The van der Waals surface area contributed by atoms with Crippen molar-refractivity contribution in [2.45, 2.75) is 187 Å². The zero-order valence-electron chi connectivity index (χ0n) is 61.1. The Labute approximate surface area is 646 Å². The molecule has 10 N–H and O–H groups in total. The molecule has 2 aromatic rings. The van der Waals surface area contributed by atoms with E-state index in [4.69, 9.17) is 49.4 Å². The minimum Gasteiger partial charge on any atom is -0.481 e. The lowest BCUT2D eigenvalue weighted by molar-refractivity contribution is -0.162. The molecule has 0 spiro atoms. The summed E-state index contributed by atoms with van der Waals surface area (Å²) in [5.74, 6) is -16.3. The molecule has 616 valence electrons. The van der Waals surface area contributed by atoms with E-state index in [0.717, 1.165) is 50.2 Å². The van der Waals surface area contributed by atoms with Crippen LogP contribution in [0.2, 0.25) is 0 Å². The summed E-state index contributed by atoms with van der Waals surface area (Å²) >= 11 is 6.27. The molecule has 42 heteroatoms. The van der Waals surface area contributed by atoms with Crippen molar-refractivity contribution in [2.75, 3.05) is 100 Å². The highest BCUT2D eigenvalue weighted by molar-refractivity contribution is 8.04. The lowest BCUT2D eigenvalue weighted by Gasteiger charge is -2.36. The van der Waals surface area contributed by atoms with E-state index in [-0.39, 0.29) is 164 Å². The number of Topliss-reactive ketones (excluding diaryl/α,β-unsaturated/α-hetero) is 4. The summed E-state index contributed by atoms with van der Waals surface area (Å²) in [6.07, 6.45) is -6.57. The van der Waals surface area contributed by atoms with Gasteiger partial charge in [0.2, 0.25) is 24.3 Å². The lowest BCUT2D eigenvalue weighted by Crippen LogP contribution is -2.42. The van der Waals surface area contributed by atoms with Gasteiger partial charge in [-0.2, -0.15) is 74.6 Å². The number of esters is 4. The Bertz CT molecular complexity index is 3590. The van der Waals surface area contributed by atoms with Crippen LogP contribution < -0.4 is 33.5 Å². The Morgan fingerprint density at radius 3 is 1.23 bits per heavy atom. The van der Waals surface area contributed by atoms with Crippen molar-refractivity contribution in [3.63, 3.8) is 0 Å². The number of anilines is 2. The summed E-state index contributed by atoms with van der Waals surface area (Å²) in [4.78, 5) is 176. The van der Waals surface area contributed by atoms with Crippen LogP contribution in [0.15, 0.2) is 34.1 Å². The molecule has 0 aromatic carbocycles. The fraction of sp³-hybridized carbons (Fsp3) is 0.706. The molecule has 0 bridgehead atoms. The maximum atomic E-state index is 14.7. The molecule has 4 aliphatic rings. The van der Waals surface area contributed by atoms with Crippen LogP contribution >= 0.6 is 47.0 Å². The predicted octanol–water partition coefficient (Wildman–Crippen LogP) is 2.76. The van der Waals surface area contributed by atoms with Crippen molar-refractivity contribution in [1.82, 2.24) is 29.7 Å². The third-order valence-corrected chi connectivity index (χ3v) is 24.4. The van der Waals surface area contributed by atoms with Gasteiger partial charge < -0.3 is 80.4 Å². The van der Waals surface area contributed by atoms with Gasteiger partial charge in [-0.3, -0.25) is 57.1 Å². The molecule has 8 unspecified atom stereocenters. The van der Waals surface area contributed by atoms with E-state index in [1.165, 1.54) is 37.4 Å². The van der Waals surface area contributed by atoms with Crippen molar-refractivity contribution in [2.24, 2.45) is 23.7 Å². The second-order valence-corrected chi connectivity index (χ2v) is 31.3. The maximum absolute atomic E-state index is 14.7. The number of halogens is 4. The number of aliphatic hydroxyl groups excluding tert-OH is 2. The number of hydrogen-bond donors (Lipinski definition) is 8. The smallest absolute Gasteiger partial charge is 0.351 e. The number of nitrogens with two attached hydrogens (primary N) is 2. The second-order valence-electron chi connectivity index (χ2n) is 26.2. The minimum atomic E-state index is -3.97. The fourth-order valence-corrected chi connectivity index (χ4v) is 17.5. The number of carbonyl (C=O) groups is 12. The summed E-state index contributed by atoms with van der Waals surface area (Å²) in [5, 5.41) is 45.2. The normalized spacial score (nSPS) is 22.5. The molecule has 2 saturated heterocycles. The number of nitrogens with zero attached hydrogens (tertiary/aromatic N) is 4. The van der Waals surface area contributed by atoms with Crippen LogP contribution in [-0.2, 0) is 95.4 Å². The first kappa shape index (κ1) is 93.3. The number of nitrogen functional groups attached to an aromatic ring is 2. The molecule has 4 heterocycles. The number of hydrogen-bond acceptors (Lipinski definition) is 32. The number of alkyl halides is 4. The van der Waals surface area contributed by atoms with Crippen molar-refractivity contribution in [1.29, 1.82) is 0 Å². The molecular weight excluding hydrogens is 1550 g/mol. The molecule has 2 saturated carbocycles. The van der Waals surface area contributed by atoms with Crippen LogP contribution in [-0.4, -0.2) is 257 Å². The van der Waals surface area contributed by atoms with Crippen molar-refractivity contribution >= 4 is 129 Å². The van der Waals surface area contributed by atoms with Crippen molar-refractivity contribution in [3.05, 3.63) is 45.5 Å². The molecule has 110 heavy (non-hydrogen) atoms. The topological polar surface area (TPSA) is 505 Å². The van der Waals surface area contributed by atoms with E-state index in [1.807, 2.05) is 13.8 Å². The van der Waals surface area contributed by atoms with E-state index in [9.17, 15) is 105 Å². The molecule has 14 atom stereocenters. The number of rotatable bonds is 50. The molecule has 4 fully saturated rings. The summed E-state index contributed by atoms with van der Waals surface area (Å²) in [5.41, 5.74) is 8.46. The summed E-state index contributed by atoms with van der Waals surface area (Å²) < 4.78 is 99.7. The second kappa shape index (κ2) is 46.6. The monoisotopic (exact) mass is 1640 g/mol. The Balaban J connectivity index is 0.000000394. The van der Waals surface area contributed by atoms with Gasteiger partial charge in [0.05, 0.1) is 57.0 Å². The third-order valence-electron chi connectivity index (χ3n) is 17.7. The zero-order chi connectivity index (χ0) is 81.4. The first-order valence-electron chi connectivity index (χ1n) is 35.5. The molecule has 2 aliphatic heterocycles. The van der Waals surface area contributed by atoms with Gasteiger partial charge in [-0.1, -0.05) is 13.8 Å². The first-order chi connectivity index (χ1) is 52.1. The molecule has 2 amide bonds. The average molecular weight is 1650 g/mol. The SMILES string of the molecule is CCC(CSC1CCC1SCC(CC(=O)CCOCCC(C)=O)C(=O)NCCC(=O)OCC(=O)OC[C@@H]1O[C@H](n2ccc(N)nc2=O)C(F)(F)[C@H]1O)C(=O)O.CCC(CSC1CCC1SCC(CC(=O)CCOCCC(C)=O)C(=O)O)C(=O)NCCC(=O)OCC(=O)OC[C@@H]1O[C@H](n2ccc(N)nc2=O)C(F)(F)[C@H]1O. The molecule has 2 aromatic heterocycles. The van der Waals surface area contributed by atoms with Gasteiger partial charge in [0.15, 0.2) is 25.4 Å². The summed E-state index contributed by atoms with van der Waals surface area (Å²) in [7, 11) is 0. The van der Waals surface area contributed by atoms with E-state index >= 15 is 0 Å². The van der Waals surface area contributed by atoms with E-state index in [2.05, 4.69) is 20.6 Å². The first-order valence-corrected chi connectivity index (χ1v) is 39.6. The van der Waals surface area contributed by atoms with Crippen LogP contribution in [0.5, 0.6) is 0 Å². The highest BCUT2D eigenvalue weighted by Gasteiger charge is 2.61. The number of carboxylic acids is 2. The number of carboxylic acid groups (broad SMARTS) is 2. The molecule has 2 aliphatic carbocycles. The van der Waals surface area contributed by atoms with E-state index in [0.29, 0.717) is 39.2 Å². The molecule has 0 radical (unpaired) electrons. The van der Waals surface area contributed by atoms with E-state index < -0.39 is 146 Å². The molecule has 6 rings (SSSR count). The van der Waals surface area contributed by atoms with Gasteiger partial charge in [-0.25, -0.2) is 19.2 Å². The fourth-order valence-electron chi connectivity index (χ4n) is 10.7. The van der Waals surface area contributed by atoms with Crippen LogP contribution in [0.4, 0.5) is 29.2 Å². The Hall–Kier alpha value is -7.32. The maximum Gasteiger partial charge on any atom is 0.351 e. The van der Waals surface area contributed by atoms with Gasteiger partial charge in [-0.05, 0) is 64.5 Å². The number of aromatic nitrogens is 4. The van der Waals surface area contributed by atoms with Gasteiger partial charge in [0.1, 0.15) is 60.2 Å². The highest BCUT2D eigenvalue weighted by atomic mass is 32.2. The largest absolute Gasteiger partial charge is 0.481 e. The number of aliphatic hydroxyl groups is 2. The van der Waals surface area contributed by atoms with Crippen LogP contribution in [0.3, 0.4) is 0 Å². The number of amides is 2. The molecular formula is C68H96F4N8O26S4. The highest BCUT2D eigenvalue weighted by Crippen LogP contribution is 2.46. The van der Waals surface area contributed by atoms with Crippen molar-refractivity contribution in [3.8, 4) is 0 Å². The van der Waals surface area contributed by atoms with Crippen LogP contribution in [0.25, 0.3) is 0 Å². The predicted molar refractivity (Wildman–Crippen MR) is 389 cm³/mol. The summed E-state index contributed by atoms with van der Waals surface area (Å²) in [6.45, 7) is 3.45. The Morgan fingerprint density at radius 2 is 0.873 bits per heavy atom. The average Bonchev–Trinajstić information content (AvgIpc) is 1.62.